The monoisotopic (exact) mass is 516 g/mol. The Bertz CT molecular complexity index is 1790. The fraction of sp³-hybridized carbons (Fsp3) is 0.154. The summed E-state index contributed by atoms with van der Waals surface area (Å²) in [5.74, 6) is -0.485. The second-order valence-electron chi connectivity index (χ2n) is 8.67. The number of rotatable bonds is 8. The fourth-order valence-electron chi connectivity index (χ4n) is 4.63. The van der Waals surface area contributed by atoms with Crippen LogP contribution in [0.5, 0.6) is 0 Å². The first-order valence-electron chi connectivity index (χ1n) is 11.7. The van der Waals surface area contributed by atoms with Crippen LogP contribution in [0.2, 0.25) is 0 Å². The number of aryl methyl sites for hydroxylation is 2. The third-order valence-corrected chi connectivity index (χ3v) is 6.43. The first kappa shape index (κ1) is 25.6. The summed E-state index contributed by atoms with van der Waals surface area (Å²) in [6, 6.07) is 21.8. The van der Waals surface area contributed by atoms with Gasteiger partial charge in [-0.05, 0) is 45.8 Å². The van der Waals surface area contributed by atoms with Gasteiger partial charge < -0.3 is 14.5 Å². The summed E-state index contributed by atoms with van der Waals surface area (Å²) < 4.78 is 7.16. The number of hydrogen-bond acceptors (Lipinski definition) is 7. The van der Waals surface area contributed by atoms with Gasteiger partial charge in [0.15, 0.2) is 0 Å². The molecule has 6 rings (SSSR count). The van der Waals surface area contributed by atoms with Crippen molar-refractivity contribution in [3.63, 3.8) is 0 Å². The van der Waals surface area contributed by atoms with Gasteiger partial charge in [-0.3, -0.25) is 9.13 Å². The zero-order chi connectivity index (χ0) is 25.4. The van der Waals surface area contributed by atoms with Gasteiger partial charge in [0.2, 0.25) is 0 Å². The minimum atomic E-state index is -1.23. The van der Waals surface area contributed by atoms with Gasteiger partial charge in [0, 0.05) is 6.54 Å². The topological polar surface area (TPSA) is 128 Å². The third kappa shape index (κ3) is 4.78. The van der Waals surface area contributed by atoms with Crippen molar-refractivity contribution < 1.29 is 39.5 Å². The quantitative estimate of drug-likeness (QED) is 0.221. The number of aromatic carboxylic acids is 1. The van der Waals surface area contributed by atoms with Crippen LogP contribution in [0.15, 0.2) is 83.9 Å². The van der Waals surface area contributed by atoms with E-state index >= 15 is 0 Å². The number of imidazole rings is 2. The van der Waals surface area contributed by atoms with Gasteiger partial charge in [0.25, 0.3) is 0 Å². The maximum absolute atomic E-state index is 13.7. The van der Waals surface area contributed by atoms with Crippen molar-refractivity contribution in [3.05, 3.63) is 107 Å². The maximum atomic E-state index is 13.7. The summed E-state index contributed by atoms with van der Waals surface area (Å²) in [5, 5.41) is 22.4. The van der Waals surface area contributed by atoms with E-state index in [0.29, 0.717) is 19.6 Å². The number of hydrogen-bond donors (Lipinski definition) is 0. The average molecular weight is 516 g/mol. The van der Waals surface area contributed by atoms with Crippen LogP contribution >= 0.6 is 0 Å². The first-order valence-corrected chi connectivity index (χ1v) is 11.7. The molecule has 0 saturated carbocycles. The molecular weight excluding hydrogens is 495 g/mol. The average Bonchev–Trinajstić information content (AvgIpc) is 3.62. The molecule has 3 aromatic carbocycles. The van der Waals surface area contributed by atoms with Crippen molar-refractivity contribution in [1.82, 2.24) is 38.9 Å². The molecule has 0 amide bonds. The number of aromatic nitrogens is 8. The molecule has 3 heterocycles. The van der Waals surface area contributed by atoms with E-state index in [1.54, 1.807) is 32.3 Å². The molecule has 0 spiro atoms. The largest absolute Gasteiger partial charge is 1.00 e. The second kappa shape index (κ2) is 10.7. The smallest absolute Gasteiger partial charge is 0.545 e. The maximum Gasteiger partial charge on any atom is 1.00 e. The number of carboxylic acid groups (broad SMARTS) is 1. The molecule has 0 N–H and O–H groups in total. The molecular formula is C26H21N8NaO3. The number of tetrazole rings is 1. The molecule has 3 aromatic heterocycles. The summed E-state index contributed by atoms with van der Waals surface area (Å²) in [6.07, 6.45) is 1.57. The number of para-hydroxylation sites is 4. The first-order chi connectivity index (χ1) is 18.1. The Morgan fingerprint density at radius 1 is 0.789 bits per heavy atom. The minimum Gasteiger partial charge on any atom is -0.545 e. The predicted molar refractivity (Wildman–Crippen MR) is 133 cm³/mol. The van der Waals surface area contributed by atoms with Gasteiger partial charge in [-0.15, -0.1) is 5.10 Å². The molecule has 0 atom stereocenters. The van der Waals surface area contributed by atoms with Gasteiger partial charge in [0.05, 0.1) is 47.7 Å². The Morgan fingerprint density at radius 3 is 2.11 bits per heavy atom. The van der Waals surface area contributed by atoms with Crippen molar-refractivity contribution in [2.75, 3.05) is 0 Å². The van der Waals surface area contributed by atoms with E-state index in [0.717, 1.165) is 33.5 Å². The molecule has 0 saturated heterocycles. The summed E-state index contributed by atoms with van der Waals surface area (Å²) in [4.78, 5) is 29.6. The van der Waals surface area contributed by atoms with Crippen LogP contribution in [-0.4, -0.2) is 44.9 Å². The second-order valence-corrected chi connectivity index (χ2v) is 8.67. The van der Waals surface area contributed by atoms with E-state index in [2.05, 4.69) is 20.1 Å². The van der Waals surface area contributed by atoms with E-state index in [9.17, 15) is 14.7 Å². The van der Waals surface area contributed by atoms with Gasteiger partial charge >= 0.3 is 35.2 Å². The van der Waals surface area contributed by atoms with E-state index in [1.165, 1.54) is 12.1 Å². The Labute approximate surface area is 238 Å². The molecule has 0 bridgehead atoms. The van der Waals surface area contributed by atoms with Crippen molar-refractivity contribution in [3.8, 4) is 0 Å². The Kier molecular flexibility index (Phi) is 7.23. The minimum absolute atomic E-state index is 0. The third-order valence-electron chi connectivity index (χ3n) is 6.43. The zero-order valence-electron chi connectivity index (χ0n) is 20.6. The molecule has 0 fully saturated rings. The molecule has 6 aromatic rings. The van der Waals surface area contributed by atoms with Crippen molar-refractivity contribution in [2.24, 2.45) is 0 Å². The van der Waals surface area contributed by atoms with Gasteiger partial charge in [-0.2, -0.15) is 0 Å². The molecule has 0 aliphatic carbocycles. The van der Waals surface area contributed by atoms with E-state index in [4.69, 9.17) is 4.98 Å². The fourth-order valence-corrected chi connectivity index (χ4v) is 4.63. The van der Waals surface area contributed by atoms with E-state index in [1.807, 2.05) is 48.5 Å². The normalized spacial score (nSPS) is 11.2. The van der Waals surface area contributed by atoms with Crippen LogP contribution in [0.25, 0.3) is 22.1 Å². The van der Waals surface area contributed by atoms with E-state index < -0.39 is 5.97 Å². The van der Waals surface area contributed by atoms with E-state index in [-0.39, 0.29) is 47.4 Å². The number of carbonyl (C=O) groups excluding carboxylic acids is 1. The zero-order valence-corrected chi connectivity index (χ0v) is 22.6. The van der Waals surface area contributed by atoms with Crippen molar-refractivity contribution in [1.29, 1.82) is 0 Å². The Balaban J connectivity index is 0.00000294. The summed E-state index contributed by atoms with van der Waals surface area (Å²) in [5.41, 5.74) is 4.12. The van der Waals surface area contributed by atoms with Gasteiger partial charge in [0.1, 0.15) is 12.2 Å². The van der Waals surface area contributed by atoms with Gasteiger partial charge in [-0.1, -0.05) is 48.5 Å². The van der Waals surface area contributed by atoms with Crippen LogP contribution in [-0.2, 0) is 26.2 Å². The van der Waals surface area contributed by atoms with Crippen LogP contribution in [0, 0.1) is 0 Å². The standard InChI is InChI=1S/C26H22N8O3.Na/c35-25(36)19-11-9-18(10-12-19)15-33-22-7-3-4-8-23(22)34(26(33)37)16-24-28-20-5-1-2-6-21(20)32(24)14-13-31-17-27-29-30-31;/h1-12,17H,13-16H2,(H,35,36);/q;+1/p-1. The van der Waals surface area contributed by atoms with Crippen LogP contribution in [0.3, 0.4) is 0 Å². The predicted octanol–water partition coefficient (Wildman–Crippen LogP) is -1.70. The Hall–Kier alpha value is -4.06. The number of fused-ring (bicyclic) bond motifs is 2. The number of nitrogens with zero attached hydrogens (tertiary/aromatic N) is 8. The molecule has 38 heavy (non-hydrogen) atoms. The van der Waals surface area contributed by atoms with Crippen molar-refractivity contribution >= 4 is 28.0 Å². The SMILES string of the molecule is O=C([O-])c1ccc(Cn2c(=O)n(Cc3nc4ccccc4n3CCn3cnnn3)c3ccccc32)cc1.[Na+]. The summed E-state index contributed by atoms with van der Waals surface area (Å²) >= 11 is 0. The molecule has 0 aliphatic rings. The molecule has 12 heteroatoms. The van der Waals surface area contributed by atoms with Gasteiger partial charge in [-0.25, -0.2) is 14.5 Å². The van der Waals surface area contributed by atoms with Crippen LogP contribution in [0.1, 0.15) is 21.7 Å². The summed E-state index contributed by atoms with van der Waals surface area (Å²) in [7, 11) is 0. The molecule has 0 unspecified atom stereocenters. The number of carboxylic acids is 1. The Morgan fingerprint density at radius 2 is 1.45 bits per heavy atom. The molecule has 11 nitrogen and oxygen atoms in total. The summed E-state index contributed by atoms with van der Waals surface area (Å²) in [6.45, 7) is 1.72. The number of carbonyl (C=O) groups is 1. The van der Waals surface area contributed by atoms with Crippen molar-refractivity contribution in [2.45, 2.75) is 26.2 Å². The van der Waals surface area contributed by atoms with Crippen LogP contribution in [0.4, 0.5) is 0 Å². The molecule has 0 radical (unpaired) electrons. The van der Waals surface area contributed by atoms with Crippen LogP contribution < -0.4 is 40.4 Å². The molecule has 184 valence electrons. The molecule has 0 aliphatic heterocycles. The number of benzene rings is 3.